The van der Waals surface area contributed by atoms with Crippen molar-refractivity contribution < 1.29 is 4.42 Å². The maximum atomic E-state index is 11.7. The number of nitrogens with zero attached hydrogens (tertiary/aromatic N) is 3. The maximum Gasteiger partial charge on any atom is 0.257 e. The largest absolute Gasteiger partial charge is 0.419 e. The Bertz CT molecular complexity index is 826. The standard InChI is InChI=1S/C15H16N4O2S2/c1-3-5-10-8-12(20)17-15(16-10)23-9(2)13-18-19-14(21-13)11-6-4-7-22-11/h4,6-9H,3,5H2,1-2H3,(H,16,17,20)/t9-/m1/s1. The first-order valence-corrected chi connectivity index (χ1v) is 9.06. The molecule has 120 valence electrons. The van der Waals surface area contributed by atoms with Gasteiger partial charge < -0.3 is 9.40 Å². The average molecular weight is 348 g/mol. The first-order chi connectivity index (χ1) is 11.2. The number of hydrogen-bond donors (Lipinski definition) is 1. The number of thioether (sulfide) groups is 1. The molecule has 3 heterocycles. The molecule has 23 heavy (non-hydrogen) atoms. The molecule has 3 aromatic heterocycles. The monoisotopic (exact) mass is 348 g/mol. The van der Waals surface area contributed by atoms with Crippen LogP contribution in [-0.2, 0) is 6.42 Å². The highest BCUT2D eigenvalue weighted by Crippen LogP contribution is 2.33. The molecule has 0 unspecified atom stereocenters. The van der Waals surface area contributed by atoms with Crippen LogP contribution >= 0.6 is 23.1 Å². The fraction of sp³-hybridized carbons (Fsp3) is 0.333. The molecule has 0 aromatic carbocycles. The van der Waals surface area contributed by atoms with Crippen LogP contribution in [0.2, 0.25) is 0 Å². The van der Waals surface area contributed by atoms with Crippen LogP contribution in [0.5, 0.6) is 0 Å². The van der Waals surface area contributed by atoms with E-state index in [0.29, 0.717) is 16.9 Å². The van der Waals surface area contributed by atoms with Crippen molar-refractivity contribution in [1.29, 1.82) is 0 Å². The minimum Gasteiger partial charge on any atom is -0.419 e. The molecule has 0 bridgehead atoms. The Morgan fingerprint density at radius 3 is 3.04 bits per heavy atom. The van der Waals surface area contributed by atoms with Gasteiger partial charge in [0.2, 0.25) is 5.89 Å². The highest BCUT2D eigenvalue weighted by Gasteiger charge is 2.18. The third-order valence-corrected chi connectivity index (χ3v) is 4.92. The Balaban J connectivity index is 1.77. The predicted octanol–water partition coefficient (Wildman–Crippen LogP) is 3.69. The van der Waals surface area contributed by atoms with Crippen LogP contribution in [0, 0.1) is 0 Å². The molecular formula is C15H16N4O2S2. The van der Waals surface area contributed by atoms with Crippen LogP contribution in [0.25, 0.3) is 10.8 Å². The van der Waals surface area contributed by atoms with Gasteiger partial charge >= 0.3 is 0 Å². The second-order valence-corrected chi connectivity index (χ2v) is 7.25. The molecule has 0 amide bonds. The molecule has 6 nitrogen and oxygen atoms in total. The van der Waals surface area contributed by atoms with Gasteiger partial charge in [0.05, 0.1) is 10.1 Å². The van der Waals surface area contributed by atoms with Crippen molar-refractivity contribution in [1.82, 2.24) is 20.2 Å². The van der Waals surface area contributed by atoms with E-state index in [2.05, 4.69) is 27.1 Å². The summed E-state index contributed by atoms with van der Waals surface area (Å²) in [6.07, 6.45) is 1.74. The van der Waals surface area contributed by atoms with E-state index in [1.807, 2.05) is 24.4 Å². The number of aromatic amines is 1. The highest BCUT2D eigenvalue weighted by molar-refractivity contribution is 7.99. The lowest BCUT2D eigenvalue weighted by Gasteiger charge is -2.06. The molecule has 1 N–H and O–H groups in total. The first kappa shape index (κ1) is 15.9. The highest BCUT2D eigenvalue weighted by atomic mass is 32.2. The van der Waals surface area contributed by atoms with Crippen molar-refractivity contribution in [2.75, 3.05) is 0 Å². The molecule has 3 aromatic rings. The third-order valence-electron chi connectivity index (χ3n) is 3.09. The zero-order valence-electron chi connectivity index (χ0n) is 12.8. The van der Waals surface area contributed by atoms with Crippen molar-refractivity contribution in [2.45, 2.75) is 37.1 Å². The van der Waals surface area contributed by atoms with Crippen molar-refractivity contribution in [3.05, 3.63) is 45.5 Å². The summed E-state index contributed by atoms with van der Waals surface area (Å²) in [4.78, 5) is 19.9. The van der Waals surface area contributed by atoms with Crippen LogP contribution in [0.15, 0.2) is 37.9 Å². The van der Waals surface area contributed by atoms with Gasteiger partial charge in [-0.2, -0.15) is 0 Å². The van der Waals surface area contributed by atoms with Crippen LogP contribution in [0.3, 0.4) is 0 Å². The summed E-state index contributed by atoms with van der Waals surface area (Å²) in [7, 11) is 0. The molecule has 0 aliphatic rings. The smallest absolute Gasteiger partial charge is 0.257 e. The Kier molecular flexibility index (Phi) is 4.92. The first-order valence-electron chi connectivity index (χ1n) is 7.30. The zero-order chi connectivity index (χ0) is 16.2. The summed E-state index contributed by atoms with van der Waals surface area (Å²) in [6.45, 7) is 4.01. The van der Waals surface area contributed by atoms with Gasteiger partial charge in [-0.1, -0.05) is 31.2 Å². The molecule has 0 aliphatic heterocycles. The second kappa shape index (κ2) is 7.10. The molecule has 0 saturated heterocycles. The van der Waals surface area contributed by atoms with E-state index in [0.717, 1.165) is 23.4 Å². The van der Waals surface area contributed by atoms with Gasteiger partial charge in [0.25, 0.3) is 11.4 Å². The minimum atomic E-state index is -0.136. The summed E-state index contributed by atoms with van der Waals surface area (Å²) in [6, 6.07) is 5.42. The van der Waals surface area contributed by atoms with Gasteiger partial charge in [0, 0.05) is 11.8 Å². The minimum absolute atomic E-state index is 0.101. The molecule has 0 radical (unpaired) electrons. The second-order valence-electron chi connectivity index (χ2n) is 4.97. The number of H-pyrrole nitrogens is 1. The molecule has 3 rings (SSSR count). The summed E-state index contributed by atoms with van der Waals surface area (Å²) in [5.41, 5.74) is 0.665. The van der Waals surface area contributed by atoms with Crippen molar-refractivity contribution in [3.63, 3.8) is 0 Å². The number of aryl methyl sites for hydroxylation is 1. The number of nitrogens with one attached hydrogen (secondary N) is 1. The fourth-order valence-electron chi connectivity index (χ4n) is 2.04. The van der Waals surface area contributed by atoms with E-state index >= 15 is 0 Å². The van der Waals surface area contributed by atoms with E-state index in [1.54, 1.807) is 17.4 Å². The van der Waals surface area contributed by atoms with E-state index in [4.69, 9.17) is 4.42 Å². The summed E-state index contributed by atoms with van der Waals surface area (Å²) < 4.78 is 5.72. The molecule has 0 aliphatic carbocycles. The quantitative estimate of drug-likeness (QED) is 0.540. The van der Waals surface area contributed by atoms with Gasteiger partial charge in [-0.25, -0.2) is 4.98 Å². The molecule has 0 saturated carbocycles. The SMILES string of the molecule is CCCc1cc(=O)[nH]c(S[C@H](C)c2nnc(-c3cccs3)o2)n1. The van der Waals surface area contributed by atoms with Crippen LogP contribution in [0.4, 0.5) is 0 Å². The Morgan fingerprint density at radius 1 is 1.43 bits per heavy atom. The summed E-state index contributed by atoms with van der Waals surface area (Å²) in [5, 5.41) is 10.6. The molecule has 0 spiro atoms. The van der Waals surface area contributed by atoms with Crippen molar-refractivity contribution >= 4 is 23.1 Å². The van der Waals surface area contributed by atoms with Crippen molar-refractivity contribution in [2.24, 2.45) is 0 Å². The van der Waals surface area contributed by atoms with Gasteiger partial charge in [-0.05, 0) is 24.8 Å². The molecule has 1 atom stereocenters. The lowest BCUT2D eigenvalue weighted by molar-refractivity contribution is 0.510. The topological polar surface area (TPSA) is 84.7 Å². The Labute approximate surface area is 141 Å². The van der Waals surface area contributed by atoms with Crippen LogP contribution < -0.4 is 5.56 Å². The fourth-order valence-corrected chi connectivity index (χ4v) is 3.54. The van der Waals surface area contributed by atoms with Gasteiger partial charge in [-0.15, -0.1) is 21.5 Å². The average Bonchev–Trinajstić information content (AvgIpc) is 3.18. The zero-order valence-corrected chi connectivity index (χ0v) is 14.4. The van der Waals surface area contributed by atoms with E-state index < -0.39 is 0 Å². The van der Waals surface area contributed by atoms with Gasteiger partial charge in [-0.3, -0.25) is 4.79 Å². The molecule has 8 heteroatoms. The molecule has 0 fully saturated rings. The van der Waals surface area contributed by atoms with E-state index in [-0.39, 0.29) is 10.8 Å². The number of rotatable bonds is 6. The maximum absolute atomic E-state index is 11.7. The summed E-state index contributed by atoms with van der Waals surface area (Å²) >= 11 is 2.95. The van der Waals surface area contributed by atoms with E-state index in [9.17, 15) is 4.79 Å². The lowest BCUT2D eigenvalue weighted by Crippen LogP contribution is -2.10. The number of aromatic nitrogens is 4. The number of thiophene rings is 1. The predicted molar refractivity (Wildman–Crippen MR) is 90.7 cm³/mol. The van der Waals surface area contributed by atoms with Crippen LogP contribution in [-0.4, -0.2) is 20.2 Å². The lowest BCUT2D eigenvalue weighted by atomic mass is 10.2. The summed E-state index contributed by atoms with van der Waals surface area (Å²) in [5.74, 6) is 1.03. The normalized spacial score (nSPS) is 12.4. The Hall–Kier alpha value is -1.93. The third kappa shape index (κ3) is 3.89. The van der Waals surface area contributed by atoms with Crippen LogP contribution in [0.1, 0.15) is 37.1 Å². The van der Waals surface area contributed by atoms with E-state index in [1.165, 1.54) is 11.8 Å². The molecular weight excluding hydrogens is 332 g/mol. The number of hydrogen-bond acceptors (Lipinski definition) is 7. The van der Waals surface area contributed by atoms with Gasteiger partial charge in [0.1, 0.15) is 0 Å². The van der Waals surface area contributed by atoms with Crippen molar-refractivity contribution in [3.8, 4) is 10.8 Å². The Morgan fingerprint density at radius 2 is 2.30 bits per heavy atom. The van der Waals surface area contributed by atoms with Gasteiger partial charge in [0.15, 0.2) is 5.16 Å².